The van der Waals surface area contributed by atoms with Crippen LogP contribution in [0.3, 0.4) is 0 Å². The van der Waals surface area contributed by atoms with Crippen LogP contribution in [0.2, 0.25) is 5.02 Å². The molecule has 2 heterocycles. The molecule has 0 amide bonds. The van der Waals surface area contributed by atoms with Crippen LogP contribution in [0, 0.1) is 0 Å². The summed E-state index contributed by atoms with van der Waals surface area (Å²) in [5.41, 5.74) is -2.34. The number of halogens is 4. The number of H-pyrrole nitrogens is 1. The van der Waals surface area contributed by atoms with Crippen molar-refractivity contribution in [2.75, 3.05) is 5.75 Å². The Kier molecular flexibility index (Phi) is 3.32. The minimum atomic E-state index is -4.66. The summed E-state index contributed by atoms with van der Waals surface area (Å²) in [5, 5.41) is -0.628. The second kappa shape index (κ2) is 4.81. The number of rotatable bonds is 0. The summed E-state index contributed by atoms with van der Waals surface area (Å²) in [5.74, 6) is 0.519. The Hall–Kier alpha value is -1.41. The largest absolute Gasteiger partial charge is 0.417 e. The molecule has 3 rings (SSSR count). The van der Waals surface area contributed by atoms with Crippen LogP contribution in [0.25, 0.3) is 10.9 Å². The molecule has 1 aromatic carbocycles. The smallest absolute Gasteiger partial charge is 0.292 e. The predicted octanol–water partition coefficient (Wildman–Crippen LogP) is 2.86. The summed E-state index contributed by atoms with van der Waals surface area (Å²) in [4.78, 5) is 25.9. The number of aromatic amines is 1. The summed E-state index contributed by atoms with van der Waals surface area (Å²) in [6, 6.07) is 0.710. The zero-order chi connectivity index (χ0) is 15.4. The molecule has 0 spiro atoms. The van der Waals surface area contributed by atoms with Gasteiger partial charge < -0.3 is 0 Å². The van der Waals surface area contributed by atoms with Crippen LogP contribution in [-0.4, -0.2) is 15.3 Å². The van der Waals surface area contributed by atoms with Crippen LogP contribution in [0.5, 0.6) is 0 Å². The number of aromatic nitrogens is 2. The van der Waals surface area contributed by atoms with Crippen molar-refractivity contribution in [2.24, 2.45) is 0 Å². The van der Waals surface area contributed by atoms with Crippen LogP contribution in [0.15, 0.2) is 20.6 Å². The molecule has 1 N–H and O–H groups in total. The van der Waals surface area contributed by atoms with Gasteiger partial charge in [-0.1, -0.05) is 11.6 Å². The number of nitrogens with one attached hydrogen (secondary N) is 1. The summed E-state index contributed by atoms with van der Waals surface area (Å²) in [6.07, 6.45) is -4.07. The molecule has 1 aliphatic heterocycles. The van der Waals surface area contributed by atoms with Gasteiger partial charge in [-0.15, -0.1) is 11.8 Å². The average Bonchev–Trinajstić information content (AvgIpc) is 2.59. The third-order valence-corrected chi connectivity index (χ3v) is 4.94. The van der Waals surface area contributed by atoms with Gasteiger partial charge in [0.2, 0.25) is 0 Å². The first-order valence-electron chi connectivity index (χ1n) is 6.00. The van der Waals surface area contributed by atoms with E-state index in [-0.39, 0.29) is 15.8 Å². The van der Waals surface area contributed by atoms with Gasteiger partial charge in [-0.05, 0) is 18.2 Å². The molecule has 0 unspecified atom stereocenters. The van der Waals surface area contributed by atoms with Gasteiger partial charge in [-0.25, -0.2) is 4.79 Å². The maximum atomic E-state index is 13.0. The molecule has 112 valence electrons. The van der Waals surface area contributed by atoms with Gasteiger partial charge >= 0.3 is 11.9 Å². The molecular formula is C12H8ClF3N2O2S. The second-order valence-electron chi connectivity index (χ2n) is 4.57. The second-order valence-corrected chi connectivity index (χ2v) is 6.06. The minimum absolute atomic E-state index is 0.141. The SMILES string of the molecule is O=c1[nH]c(=O)n2c3c(c(Cl)c(C(F)(F)F)cc13)SCCC2. The molecular weight excluding hydrogens is 329 g/mol. The topological polar surface area (TPSA) is 54.9 Å². The van der Waals surface area contributed by atoms with E-state index < -0.39 is 28.0 Å². The predicted molar refractivity (Wildman–Crippen MR) is 74.2 cm³/mol. The van der Waals surface area contributed by atoms with Gasteiger partial charge in [0.1, 0.15) is 0 Å². The zero-order valence-corrected chi connectivity index (χ0v) is 12.0. The average molecular weight is 337 g/mol. The summed E-state index contributed by atoms with van der Waals surface area (Å²) in [6.45, 7) is 0.327. The van der Waals surface area contributed by atoms with E-state index >= 15 is 0 Å². The van der Waals surface area contributed by atoms with Crippen molar-refractivity contribution in [3.63, 3.8) is 0 Å². The van der Waals surface area contributed by atoms with Gasteiger partial charge in [0.25, 0.3) is 5.56 Å². The van der Waals surface area contributed by atoms with Crippen molar-refractivity contribution < 1.29 is 13.2 Å². The van der Waals surface area contributed by atoms with Crippen LogP contribution in [-0.2, 0) is 12.7 Å². The Morgan fingerprint density at radius 2 is 2.05 bits per heavy atom. The number of nitrogens with zero attached hydrogens (tertiary/aromatic N) is 1. The van der Waals surface area contributed by atoms with Crippen LogP contribution < -0.4 is 11.2 Å². The zero-order valence-electron chi connectivity index (χ0n) is 10.4. The first kappa shape index (κ1) is 14.5. The Bertz CT molecular complexity index is 857. The van der Waals surface area contributed by atoms with E-state index in [1.807, 2.05) is 0 Å². The molecule has 0 radical (unpaired) electrons. The van der Waals surface area contributed by atoms with Crippen molar-refractivity contribution in [1.82, 2.24) is 9.55 Å². The van der Waals surface area contributed by atoms with Crippen LogP contribution in [0.1, 0.15) is 12.0 Å². The van der Waals surface area contributed by atoms with E-state index in [2.05, 4.69) is 4.98 Å². The van der Waals surface area contributed by atoms with E-state index in [4.69, 9.17) is 11.6 Å². The molecule has 0 fully saturated rings. The normalized spacial score (nSPS) is 15.2. The molecule has 1 aromatic heterocycles. The molecule has 0 saturated heterocycles. The van der Waals surface area contributed by atoms with Crippen LogP contribution in [0.4, 0.5) is 13.2 Å². The summed E-state index contributed by atoms with van der Waals surface area (Å²) >= 11 is 7.02. The molecule has 2 aromatic rings. The molecule has 0 bridgehead atoms. The molecule has 0 aliphatic carbocycles. The Balaban J connectivity index is 2.56. The van der Waals surface area contributed by atoms with E-state index in [0.717, 1.165) is 11.8 Å². The van der Waals surface area contributed by atoms with E-state index in [1.165, 1.54) is 4.57 Å². The monoisotopic (exact) mass is 336 g/mol. The number of benzene rings is 1. The number of thioether (sulfide) groups is 1. The van der Waals surface area contributed by atoms with Gasteiger partial charge in [0.05, 0.1) is 26.4 Å². The number of hydrogen-bond acceptors (Lipinski definition) is 3. The highest BCUT2D eigenvalue weighted by Gasteiger charge is 2.36. The first-order valence-corrected chi connectivity index (χ1v) is 7.36. The number of hydrogen-bond donors (Lipinski definition) is 1. The lowest BCUT2D eigenvalue weighted by Gasteiger charge is -2.15. The molecule has 1 aliphatic rings. The van der Waals surface area contributed by atoms with Gasteiger partial charge in [0.15, 0.2) is 0 Å². The third-order valence-electron chi connectivity index (χ3n) is 3.25. The van der Waals surface area contributed by atoms with Crippen molar-refractivity contribution in [1.29, 1.82) is 0 Å². The van der Waals surface area contributed by atoms with Gasteiger partial charge in [-0.3, -0.25) is 14.3 Å². The molecule has 21 heavy (non-hydrogen) atoms. The maximum Gasteiger partial charge on any atom is 0.417 e. The fourth-order valence-electron chi connectivity index (χ4n) is 2.35. The van der Waals surface area contributed by atoms with Gasteiger partial charge in [-0.2, -0.15) is 13.2 Å². The minimum Gasteiger partial charge on any atom is -0.292 e. The fraction of sp³-hybridized carbons (Fsp3) is 0.333. The number of aryl methyl sites for hydroxylation is 1. The lowest BCUT2D eigenvalue weighted by atomic mass is 10.1. The highest BCUT2D eigenvalue weighted by atomic mass is 35.5. The Labute approximate surface area is 124 Å². The number of alkyl halides is 3. The Morgan fingerprint density at radius 1 is 1.33 bits per heavy atom. The highest BCUT2D eigenvalue weighted by molar-refractivity contribution is 7.99. The van der Waals surface area contributed by atoms with Crippen molar-refractivity contribution in [3.8, 4) is 0 Å². The lowest BCUT2D eigenvalue weighted by molar-refractivity contribution is -0.137. The van der Waals surface area contributed by atoms with Crippen molar-refractivity contribution in [3.05, 3.63) is 37.5 Å². The molecule has 4 nitrogen and oxygen atoms in total. The first-order chi connectivity index (χ1) is 9.80. The van der Waals surface area contributed by atoms with Crippen molar-refractivity contribution in [2.45, 2.75) is 24.0 Å². The summed E-state index contributed by atoms with van der Waals surface area (Å²) < 4.78 is 40.4. The Morgan fingerprint density at radius 3 is 2.71 bits per heavy atom. The summed E-state index contributed by atoms with van der Waals surface area (Å²) in [7, 11) is 0. The highest BCUT2D eigenvalue weighted by Crippen LogP contribution is 2.43. The fourth-order valence-corrected chi connectivity index (χ4v) is 3.83. The van der Waals surface area contributed by atoms with E-state index in [0.29, 0.717) is 24.8 Å². The lowest BCUT2D eigenvalue weighted by Crippen LogP contribution is -2.30. The van der Waals surface area contributed by atoms with E-state index in [9.17, 15) is 22.8 Å². The molecule has 0 saturated carbocycles. The molecule has 9 heteroatoms. The molecule has 0 atom stereocenters. The van der Waals surface area contributed by atoms with E-state index in [1.54, 1.807) is 0 Å². The van der Waals surface area contributed by atoms with Crippen LogP contribution >= 0.6 is 23.4 Å². The van der Waals surface area contributed by atoms with Gasteiger partial charge in [0, 0.05) is 6.54 Å². The maximum absolute atomic E-state index is 13.0. The standard InChI is InChI=1S/C12H8ClF3N2O2S/c13-7-6(12(14,15)16)4-5-8-9(7)21-3-1-2-18(8)11(20)17-10(5)19/h4H,1-3H2,(H,17,19,20). The van der Waals surface area contributed by atoms with Crippen molar-refractivity contribution >= 4 is 34.3 Å². The quantitative estimate of drug-likeness (QED) is 0.805. The third kappa shape index (κ3) is 2.26.